The van der Waals surface area contributed by atoms with Gasteiger partial charge in [0.1, 0.15) is 0 Å². The lowest BCUT2D eigenvalue weighted by Gasteiger charge is -2.47. The van der Waals surface area contributed by atoms with Gasteiger partial charge in [0.05, 0.1) is 5.60 Å². The molecule has 0 amide bonds. The molecule has 3 aliphatic rings. The van der Waals surface area contributed by atoms with Crippen LogP contribution in [0.4, 0.5) is 0 Å². The zero-order valence-corrected chi connectivity index (χ0v) is 11.2. The van der Waals surface area contributed by atoms with Crippen molar-refractivity contribution in [2.24, 2.45) is 5.92 Å². The molecule has 0 bridgehead atoms. The van der Waals surface area contributed by atoms with Crippen molar-refractivity contribution in [3.05, 3.63) is 0 Å². The third-order valence-corrected chi connectivity index (χ3v) is 4.86. The molecular weight excluding hydrogens is 212 g/mol. The molecule has 0 spiro atoms. The number of rotatable bonds is 1. The average molecular weight is 238 g/mol. The Morgan fingerprint density at radius 3 is 2.94 bits per heavy atom. The third-order valence-electron chi connectivity index (χ3n) is 4.86. The van der Waals surface area contributed by atoms with Gasteiger partial charge in [-0.2, -0.15) is 0 Å². The van der Waals surface area contributed by atoms with E-state index in [-0.39, 0.29) is 5.60 Å². The smallest absolute Gasteiger partial charge is 0.0641 e. The van der Waals surface area contributed by atoms with E-state index in [1.54, 1.807) is 0 Å². The van der Waals surface area contributed by atoms with E-state index < -0.39 is 0 Å². The summed E-state index contributed by atoms with van der Waals surface area (Å²) in [6.07, 6.45) is 5.25. The largest absolute Gasteiger partial charge is 0.375 e. The summed E-state index contributed by atoms with van der Waals surface area (Å²) in [5.41, 5.74) is 0.0852. The van der Waals surface area contributed by atoms with Gasteiger partial charge in [0.15, 0.2) is 0 Å². The molecule has 17 heavy (non-hydrogen) atoms. The summed E-state index contributed by atoms with van der Waals surface area (Å²) in [6, 6.07) is 1.56. The van der Waals surface area contributed by atoms with Crippen molar-refractivity contribution >= 4 is 0 Å². The molecule has 1 N–H and O–H groups in total. The molecule has 3 heterocycles. The van der Waals surface area contributed by atoms with Crippen LogP contribution in [0.1, 0.15) is 39.5 Å². The molecule has 3 aliphatic heterocycles. The zero-order chi connectivity index (χ0) is 11.9. The van der Waals surface area contributed by atoms with Crippen LogP contribution in [-0.4, -0.2) is 48.8 Å². The van der Waals surface area contributed by atoms with Gasteiger partial charge in [-0.05, 0) is 58.5 Å². The van der Waals surface area contributed by atoms with E-state index in [0.29, 0.717) is 0 Å². The molecule has 3 rings (SSSR count). The van der Waals surface area contributed by atoms with E-state index >= 15 is 0 Å². The molecule has 0 aromatic rings. The monoisotopic (exact) mass is 238 g/mol. The second-order valence-electron chi connectivity index (χ2n) is 6.62. The second-order valence-corrected chi connectivity index (χ2v) is 6.62. The van der Waals surface area contributed by atoms with Gasteiger partial charge >= 0.3 is 0 Å². The Bertz CT molecular complexity index is 279. The molecule has 0 saturated carbocycles. The summed E-state index contributed by atoms with van der Waals surface area (Å²) in [5.74, 6) is 0.912. The molecule has 3 fully saturated rings. The van der Waals surface area contributed by atoms with Crippen molar-refractivity contribution in [1.29, 1.82) is 0 Å². The lowest BCUT2D eigenvalue weighted by atomic mass is 9.86. The predicted octanol–water partition coefficient (Wildman–Crippen LogP) is 1.63. The fraction of sp³-hybridized carbons (Fsp3) is 1.00. The van der Waals surface area contributed by atoms with Crippen LogP contribution in [0, 0.1) is 5.92 Å². The van der Waals surface area contributed by atoms with Crippen LogP contribution >= 0.6 is 0 Å². The fourth-order valence-corrected chi connectivity index (χ4v) is 4.04. The van der Waals surface area contributed by atoms with Crippen LogP contribution in [0.5, 0.6) is 0 Å². The standard InChI is InChI=1S/C14H26N2O/c1-14(2)8-12(5-7-17-14)16-6-3-4-11-9-15-10-13(11)16/h11-13,15H,3-10H2,1-2H3. The van der Waals surface area contributed by atoms with Gasteiger partial charge in [-0.1, -0.05) is 0 Å². The first-order valence-electron chi connectivity index (χ1n) is 7.26. The first kappa shape index (κ1) is 11.9. The molecule has 0 aliphatic carbocycles. The summed E-state index contributed by atoms with van der Waals surface area (Å²) in [4.78, 5) is 2.80. The first-order chi connectivity index (χ1) is 8.16. The van der Waals surface area contributed by atoms with Gasteiger partial charge in [-0.15, -0.1) is 0 Å². The van der Waals surface area contributed by atoms with Gasteiger partial charge in [0.25, 0.3) is 0 Å². The normalized spacial score (nSPS) is 42.4. The fourth-order valence-electron chi connectivity index (χ4n) is 4.04. The van der Waals surface area contributed by atoms with Gasteiger partial charge < -0.3 is 10.1 Å². The molecule has 3 nitrogen and oxygen atoms in total. The third kappa shape index (κ3) is 2.38. The van der Waals surface area contributed by atoms with Crippen molar-refractivity contribution in [3.8, 4) is 0 Å². The average Bonchev–Trinajstić information content (AvgIpc) is 2.75. The van der Waals surface area contributed by atoms with Crippen molar-refractivity contribution in [2.75, 3.05) is 26.2 Å². The van der Waals surface area contributed by atoms with E-state index in [2.05, 4.69) is 24.1 Å². The highest BCUT2D eigenvalue weighted by Gasteiger charge is 2.41. The van der Waals surface area contributed by atoms with Crippen LogP contribution in [0.25, 0.3) is 0 Å². The number of nitrogens with one attached hydrogen (secondary N) is 1. The Morgan fingerprint density at radius 1 is 1.24 bits per heavy atom. The van der Waals surface area contributed by atoms with Crippen molar-refractivity contribution in [2.45, 2.75) is 57.2 Å². The Balaban J connectivity index is 1.70. The highest BCUT2D eigenvalue weighted by Crippen LogP contribution is 2.34. The van der Waals surface area contributed by atoms with Crippen LogP contribution in [-0.2, 0) is 4.74 Å². The molecule has 0 aromatic carbocycles. The Kier molecular flexibility index (Phi) is 3.18. The van der Waals surface area contributed by atoms with E-state index in [1.807, 2.05) is 0 Å². The van der Waals surface area contributed by atoms with Crippen LogP contribution < -0.4 is 5.32 Å². The second kappa shape index (κ2) is 4.52. The summed E-state index contributed by atoms with van der Waals surface area (Å²) in [5, 5.41) is 3.58. The predicted molar refractivity (Wildman–Crippen MR) is 69.1 cm³/mol. The number of nitrogens with zero attached hydrogens (tertiary/aromatic N) is 1. The summed E-state index contributed by atoms with van der Waals surface area (Å²) < 4.78 is 5.86. The SMILES string of the molecule is CC1(C)CC(N2CCCC3CNCC32)CCO1. The molecular formula is C14H26N2O. The lowest BCUT2D eigenvalue weighted by molar-refractivity contribution is -0.0944. The van der Waals surface area contributed by atoms with Crippen LogP contribution in [0.15, 0.2) is 0 Å². The Hall–Kier alpha value is -0.120. The number of ether oxygens (including phenoxy) is 1. The van der Waals surface area contributed by atoms with Crippen molar-refractivity contribution in [1.82, 2.24) is 10.2 Å². The van der Waals surface area contributed by atoms with Gasteiger partial charge in [-0.25, -0.2) is 0 Å². The minimum absolute atomic E-state index is 0.0852. The highest BCUT2D eigenvalue weighted by molar-refractivity contribution is 4.96. The van der Waals surface area contributed by atoms with Crippen LogP contribution in [0.3, 0.4) is 0 Å². The topological polar surface area (TPSA) is 24.5 Å². The summed E-state index contributed by atoms with van der Waals surface area (Å²) in [6.45, 7) is 9.19. The van der Waals surface area contributed by atoms with Gasteiger partial charge in [0, 0.05) is 25.2 Å². The van der Waals surface area contributed by atoms with Gasteiger partial charge in [0.2, 0.25) is 0 Å². The summed E-state index contributed by atoms with van der Waals surface area (Å²) in [7, 11) is 0. The highest BCUT2D eigenvalue weighted by atomic mass is 16.5. The minimum atomic E-state index is 0.0852. The molecule has 0 aromatic heterocycles. The maximum atomic E-state index is 5.86. The summed E-state index contributed by atoms with van der Waals surface area (Å²) >= 11 is 0. The van der Waals surface area contributed by atoms with E-state index in [1.165, 1.54) is 45.3 Å². The maximum absolute atomic E-state index is 5.86. The number of hydrogen-bond donors (Lipinski definition) is 1. The van der Waals surface area contributed by atoms with Crippen molar-refractivity contribution < 1.29 is 4.74 Å². The number of fused-ring (bicyclic) bond motifs is 1. The number of piperidine rings is 1. The first-order valence-corrected chi connectivity index (χ1v) is 7.26. The Morgan fingerprint density at radius 2 is 2.12 bits per heavy atom. The Labute approximate surface area is 105 Å². The molecule has 0 radical (unpaired) electrons. The van der Waals surface area contributed by atoms with E-state index in [9.17, 15) is 0 Å². The lowest BCUT2D eigenvalue weighted by Crippen LogP contribution is -2.54. The molecule has 3 heteroatoms. The zero-order valence-electron chi connectivity index (χ0n) is 11.2. The maximum Gasteiger partial charge on any atom is 0.0641 e. The van der Waals surface area contributed by atoms with E-state index in [4.69, 9.17) is 4.74 Å². The quantitative estimate of drug-likeness (QED) is 0.751. The van der Waals surface area contributed by atoms with Crippen molar-refractivity contribution in [3.63, 3.8) is 0 Å². The number of hydrogen-bond acceptors (Lipinski definition) is 3. The molecule has 3 atom stereocenters. The van der Waals surface area contributed by atoms with Gasteiger partial charge in [-0.3, -0.25) is 4.90 Å². The number of likely N-dealkylation sites (tertiary alicyclic amines) is 1. The molecule has 3 saturated heterocycles. The molecule has 98 valence electrons. The minimum Gasteiger partial charge on any atom is -0.375 e. The molecule has 3 unspecified atom stereocenters. The van der Waals surface area contributed by atoms with Crippen LogP contribution in [0.2, 0.25) is 0 Å². The van der Waals surface area contributed by atoms with E-state index in [0.717, 1.165) is 24.6 Å².